The smallest absolute Gasteiger partial charge is 0.317 e. The second-order valence-corrected chi connectivity index (χ2v) is 5.48. The molecule has 1 aromatic carbocycles. The summed E-state index contributed by atoms with van der Waals surface area (Å²) in [4.78, 5) is 24.0. The molecule has 0 aliphatic heterocycles. The van der Waals surface area contributed by atoms with Crippen molar-refractivity contribution in [2.24, 2.45) is 0 Å². The first-order valence-electron chi connectivity index (χ1n) is 6.00. The fraction of sp³-hybridized carbons (Fsp3) is 0.385. The Morgan fingerprint density at radius 3 is 2.55 bits per heavy atom. The van der Waals surface area contributed by atoms with Crippen LogP contribution in [0, 0.1) is 5.82 Å². The van der Waals surface area contributed by atoms with Gasteiger partial charge in [0.05, 0.1) is 18.8 Å². The van der Waals surface area contributed by atoms with Crippen molar-refractivity contribution in [3.63, 3.8) is 0 Å². The first-order chi connectivity index (χ1) is 9.29. The van der Waals surface area contributed by atoms with Crippen LogP contribution in [0.25, 0.3) is 0 Å². The van der Waals surface area contributed by atoms with E-state index in [0.29, 0.717) is 4.47 Å². The molecule has 110 valence electrons. The molecule has 2 N–H and O–H groups in total. The maximum atomic E-state index is 13.6. The van der Waals surface area contributed by atoms with Gasteiger partial charge in [-0.15, -0.1) is 0 Å². The average Bonchev–Trinajstić information content (AvgIpc) is 2.31. The van der Waals surface area contributed by atoms with Crippen LogP contribution in [0.15, 0.2) is 22.7 Å². The van der Waals surface area contributed by atoms with Crippen LogP contribution in [0.2, 0.25) is 0 Å². The van der Waals surface area contributed by atoms with Crippen LogP contribution in [0.1, 0.15) is 13.8 Å². The number of nitrogens with zero attached hydrogens (tertiary/aromatic N) is 1. The molecule has 1 aromatic rings. The molecule has 0 aliphatic carbocycles. The molecule has 0 heterocycles. The van der Waals surface area contributed by atoms with Gasteiger partial charge in [0, 0.05) is 10.5 Å². The van der Waals surface area contributed by atoms with E-state index >= 15 is 0 Å². The van der Waals surface area contributed by atoms with Crippen LogP contribution < -0.4 is 5.32 Å². The molecule has 1 amide bonds. The fourth-order valence-electron chi connectivity index (χ4n) is 1.56. The standard InChI is InChI=1S/C13H16BrFN2O3/c1-8(2)17(7-13(19)20)6-12(18)16-11-4-3-9(14)5-10(11)15/h3-5,8H,6-7H2,1-2H3,(H,16,18)(H,19,20). The van der Waals surface area contributed by atoms with Crippen molar-refractivity contribution in [2.75, 3.05) is 18.4 Å². The molecule has 0 aliphatic rings. The number of carboxylic acids is 1. The number of halogens is 2. The third-order valence-corrected chi connectivity index (χ3v) is 3.11. The average molecular weight is 347 g/mol. The summed E-state index contributed by atoms with van der Waals surface area (Å²) in [6, 6.07) is 4.18. The summed E-state index contributed by atoms with van der Waals surface area (Å²) in [5, 5.41) is 11.2. The number of anilines is 1. The predicted octanol–water partition coefficient (Wildman–Crippen LogP) is 2.32. The topological polar surface area (TPSA) is 69.6 Å². The zero-order valence-corrected chi connectivity index (χ0v) is 12.8. The van der Waals surface area contributed by atoms with E-state index in [-0.39, 0.29) is 24.8 Å². The van der Waals surface area contributed by atoms with Gasteiger partial charge in [-0.2, -0.15) is 0 Å². The molecule has 7 heteroatoms. The normalized spacial score (nSPS) is 10.9. The lowest BCUT2D eigenvalue weighted by atomic mass is 10.3. The van der Waals surface area contributed by atoms with Crippen LogP contribution in [-0.4, -0.2) is 41.0 Å². The number of benzene rings is 1. The SMILES string of the molecule is CC(C)N(CC(=O)O)CC(=O)Nc1ccc(Br)cc1F. The molecular weight excluding hydrogens is 331 g/mol. The van der Waals surface area contributed by atoms with Gasteiger partial charge in [-0.1, -0.05) is 15.9 Å². The van der Waals surface area contributed by atoms with Crippen LogP contribution in [-0.2, 0) is 9.59 Å². The van der Waals surface area contributed by atoms with Gasteiger partial charge in [0.1, 0.15) is 5.82 Å². The highest BCUT2D eigenvalue weighted by Gasteiger charge is 2.17. The Kier molecular flexibility index (Phi) is 6.09. The third kappa shape index (κ3) is 5.26. The minimum absolute atomic E-state index is 0.0669. The second-order valence-electron chi connectivity index (χ2n) is 4.56. The van der Waals surface area contributed by atoms with Gasteiger partial charge < -0.3 is 10.4 Å². The molecule has 0 aromatic heterocycles. The number of amides is 1. The van der Waals surface area contributed by atoms with Gasteiger partial charge >= 0.3 is 5.97 Å². The fourth-order valence-corrected chi connectivity index (χ4v) is 1.89. The number of aliphatic carboxylic acids is 1. The monoisotopic (exact) mass is 346 g/mol. The van der Waals surface area contributed by atoms with Gasteiger partial charge in [0.2, 0.25) is 5.91 Å². The molecule has 5 nitrogen and oxygen atoms in total. The summed E-state index contributed by atoms with van der Waals surface area (Å²) in [5.41, 5.74) is 0.0669. The van der Waals surface area contributed by atoms with Crippen LogP contribution in [0.5, 0.6) is 0 Å². The minimum Gasteiger partial charge on any atom is -0.480 e. The first kappa shape index (κ1) is 16.6. The van der Waals surface area contributed by atoms with Crippen LogP contribution >= 0.6 is 15.9 Å². The quantitative estimate of drug-likeness (QED) is 0.829. The van der Waals surface area contributed by atoms with E-state index in [0.717, 1.165) is 0 Å². The molecular formula is C13H16BrFN2O3. The zero-order chi connectivity index (χ0) is 15.3. The van der Waals surface area contributed by atoms with Gasteiger partial charge in [-0.25, -0.2) is 4.39 Å². The Labute approximate surface area is 124 Å². The highest BCUT2D eigenvalue weighted by Crippen LogP contribution is 2.19. The summed E-state index contributed by atoms with van der Waals surface area (Å²) in [5.74, 6) is -2.02. The molecule has 0 saturated carbocycles. The van der Waals surface area contributed by atoms with E-state index in [9.17, 15) is 14.0 Å². The maximum absolute atomic E-state index is 13.6. The minimum atomic E-state index is -1.01. The number of hydrogen-bond acceptors (Lipinski definition) is 3. The molecule has 0 atom stereocenters. The lowest BCUT2D eigenvalue weighted by molar-refractivity contribution is -0.139. The second kappa shape index (κ2) is 7.35. The molecule has 1 rings (SSSR count). The van der Waals surface area contributed by atoms with Gasteiger partial charge in [0.25, 0.3) is 0 Å². The Hall–Kier alpha value is -1.47. The largest absolute Gasteiger partial charge is 0.480 e. The van der Waals surface area contributed by atoms with E-state index in [1.807, 2.05) is 0 Å². The predicted molar refractivity (Wildman–Crippen MR) is 77.1 cm³/mol. The van der Waals surface area contributed by atoms with Gasteiger partial charge in [-0.3, -0.25) is 14.5 Å². The van der Waals surface area contributed by atoms with Crippen molar-refractivity contribution in [1.82, 2.24) is 4.90 Å². The number of carbonyl (C=O) groups excluding carboxylic acids is 1. The van der Waals surface area contributed by atoms with Crippen molar-refractivity contribution < 1.29 is 19.1 Å². The Bertz CT molecular complexity index is 508. The lowest BCUT2D eigenvalue weighted by Crippen LogP contribution is -2.41. The molecule has 0 spiro atoms. The third-order valence-electron chi connectivity index (χ3n) is 2.62. The van der Waals surface area contributed by atoms with E-state index < -0.39 is 17.7 Å². The van der Waals surface area contributed by atoms with E-state index in [1.165, 1.54) is 17.0 Å². The Morgan fingerprint density at radius 1 is 1.40 bits per heavy atom. The van der Waals surface area contributed by atoms with Crippen LogP contribution in [0.3, 0.4) is 0 Å². The van der Waals surface area contributed by atoms with Crippen molar-refractivity contribution in [1.29, 1.82) is 0 Å². The molecule has 0 fully saturated rings. The van der Waals surface area contributed by atoms with E-state index in [4.69, 9.17) is 5.11 Å². The maximum Gasteiger partial charge on any atom is 0.317 e. The van der Waals surface area contributed by atoms with E-state index in [2.05, 4.69) is 21.2 Å². The molecule has 0 saturated heterocycles. The molecule has 0 bridgehead atoms. The lowest BCUT2D eigenvalue weighted by Gasteiger charge is -2.23. The molecule has 0 radical (unpaired) electrons. The first-order valence-corrected chi connectivity index (χ1v) is 6.79. The summed E-state index contributed by atoms with van der Waals surface area (Å²) in [6.45, 7) is 3.22. The van der Waals surface area contributed by atoms with Crippen molar-refractivity contribution in [3.05, 3.63) is 28.5 Å². The number of carboxylic acid groups (broad SMARTS) is 1. The Balaban J connectivity index is 2.68. The zero-order valence-electron chi connectivity index (χ0n) is 11.2. The summed E-state index contributed by atoms with van der Waals surface area (Å²) in [7, 11) is 0. The summed E-state index contributed by atoms with van der Waals surface area (Å²) >= 11 is 3.12. The van der Waals surface area contributed by atoms with Crippen LogP contribution in [0.4, 0.5) is 10.1 Å². The Morgan fingerprint density at radius 2 is 2.05 bits per heavy atom. The molecule has 20 heavy (non-hydrogen) atoms. The summed E-state index contributed by atoms with van der Waals surface area (Å²) in [6.07, 6.45) is 0. The van der Waals surface area contributed by atoms with Crippen molar-refractivity contribution in [2.45, 2.75) is 19.9 Å². The summed E-state index contributed by atoms with van der Waals surface area (Å²) < 4.78 is 14.1. The number of rotatable bonds is 6. The van der Waals surface area contributed by atoms with Gasteiger partial charge in [-0.05, 0) is 32.0 Å². The molecule has 0 unspecified atom stereocenters. The highest BCUT2D eigenvalue weighted by molar-refractivity contribution is 9.10. The van der Waals surface area contributed by atoms with Crippen molar-refractivity contribution in [3.8, 4) is 0 Å². The van der Waals surface area contributed by atoms with Crippen molar-refractivity contribution >= 4 is 33.5 Å². The number of hydrogen-bond donors (Lipinski definition) is 2. The number of carbonyl (C=O) groups is 2. The van der Waals surface area contributed by atoms with E-state index in [1.54, 1.807) is 19.9 Å². The van der Waals surface area contributed by atoms with Gasteiger partial charge in [0.15, 0.2) is 0 Å². The number of nitrogens with one attached hydrogen (secondary N) is 1. The highest BCUT2D eigenvalue weighted by atomic mass is 79.9.